The van der Waals surface area contributed by atoms with E-state index in [1.807, 2.05) is 24.3 Å². The van der Waals surface area contributed by atoms with E-state index >= 15 is 0 Å². The van der Waals surface area contributed by atoms with Gasteiger partial charge in [-0.2, -0.15) is 0 Å². The Morgan fingerprint density at radius 1 is 1.16 bits per heavy atom. The van der Waals surface area contributed by atoms with E-state index in [4.69, 9.17) is 9.47 Å². The fourth-order valence-electron chi connectivity index (χ4n) is 2.57. The molecule has 1 fully saturated rings. The number of hydrogen-bond acceptors (Lipinski definition) is 4. The van der Waals surface area contributed by atoms with Crippen LogP contribution in [0.2, 0.25) is 0 Å². The second kappa shape index (κ2) is 6.37. The largest absolute Gasteiger partial charge is 0.491 e. The summed E-state index contributed by atoms with van der Waals surface area (Å²) in [6.07, 6.45) is 0.539. The summed E-state index contributed by atoms with van der Waals surface area (Å²) in [7, 11) is 0. The molecule has 0 N–H and O–H groups in total. The summed E-state index contributed by atoms with van der Waals surface area (Å²) in [5.41, 5.74) is 0.716. The number of nitrogens with zero attached hydrogens (tertiary/aromatic N) is 1. The Morgan fingerprint density at radius 3 is 2.68 bits per heavy atom. The van der Waals surface area contributed by atoms with Crippen LogP contribution in [0.5, 0.6) is 5.75 Å². The molecule has 0 amide bonds. The molecule has 2 aliphatic rings. The number of rotatable bonds is 1. The highest BCUT2D eigenvalue weighted by atomic mass is 35.5. The second-order valence-corrected chi connectivity index (χ2v) is 4.74. The van der Waals surface area contributed by atoms with Gasteiger partial charge in [0.2, 0.25) is 0 Å². The van der Waals surface area contributed by atoms with Gasteiger partial charge in [0.05, 0.1) is 24.8 Å². The average Bonchev–Trinajstić information content (AvgIpc) is 2.60. The van der Waals surface area contributed by atoms with Crippen molar-refractivity contribution in [3.63, 3.8) is 0 Å². The molecule has 19 heavy (non-hydrogen) atoms. The van der Waals surface area contributed by atoms with Gasteiger partial charge in [0.25, 0.3) is 0 Å². The van der Waals surface area contributed by atoms with E-state index in [0.717, 1.165) is 32.1 Å². The van der Waals surface area contributed by atoms with E-state index in [2.05, 4.69) is 4.90 Å². The predicted molar refractivity (Wildman–Crippen MR) is 74.3 cm³/mol. The maximum Gasteiger partial charge on any atom is 0.168 e. The van der Waals surface area contributed by atoms with Gasteiger partial charge >= 0.3 is 0 Å². The molecule has 104 valence electrons. The van der Waals surface area contributed by atoms with Crippen molar-refractivity contribution in [2.24, 2.45) is 0 Å². The van der Waals surface area contributed by atoms with Gasteiger partial charge in [0.1, 0.15) is 12.4 Å². The molecule has 1 saturated heterocycles. The Hall–Kier alpha value is -1.10. The molecular weight excluding hydrogens is 266 g/mol. The summed E-state index contributed by atoms with van der Waals surface area (Å²) in [5.74, 6) is 0.901. The highest BCUT2D eigenvalue weighted by Gasteiger charge is 2.28. The van der Waals surface area contributed by atoms with Crippen LogP contribution in [-0.2, 0) is 4.74 Å². The summed E-state index contributed by atoms with van der Waals surface area (Å²) >= 11 is 0. The molecule has 0 spiro atoms. The highest BCUT2D eigenvalue weighted by molar-refractivity contribution is 5.99. The molecule has 1 atom stereocenters. The molecule has 2 heterocycles. The molecule has 2 aliphatic heterocycles. The molecule has 0 aliphatic carbocycles. The lowest BCUT2D eigenvalue weighted by molar-refractivity contribution is 0.00613. The molecule has 5 heteroatoms. The molecule has 0 radical (unpaired) electrons. The van der Waals surface area contributed by atoms with Gasteiger partial charge in [-0.15, -0.1) is 12.4 Å². The van der Waals surface area contributed by atoms with Gasteiger partial charge in [-0.25, -0.2) is 0 Å². The lowest BCUT2D eigenvalue weighted by Crippen LogP contribution is -2.46. The van der Waals surface area contributed by atoms with Crippen molar-refractivity contribution in [1.29, 1.82) is 0 Å². The normalized spacial score (nSPS) is 23.8. The first-order valence-electron chi connectivity index (χ1n) is 6.41. The van der Waals surface area contributed by atoms with Crippen LogP contribution in [0.3, 0.4) is 0 Å². The molecule has 3 rings (SSSR count). The highest BCUT2D eigenvalue weighted by Crippen LogP contribution is 2.25. The average molecular weight is 284 g/mol. The number of fused-ring (bicyclic) bond motifs is 1. The van der Waals surface area contributed by atoms with E-state index in [1.165, 1.54) is 0 Å². The van der Waals surface area contributed by atoms with Crippen LogP contribution < -0.4 is 4.74 Å². The third kappa shape index (κ3) is 3.08. The second-order valence-electron chi connectivity index (χ2n) is 4.74. The van der Waals surface area contributed by atoms with E-state index in [0.29, 0.717) is 18.6 Å². The van der Waals surface area contributed by atoms with Crippen LogP contribution in [0.4, 0.5) is 0 Å². The molecule has 1 aromatic carbocycles. The van der Waals surface area contributed by atoms with Crippen LogP contribution >= 0.6 is 12.4 Å². The number of Topliss-reactive ketones (excluding diaryl/α,β-unsaturated/α-hetero) is 1. The monoisotopic (exact) mass is 283 g/mol. The van der Waals surface area contributed by atoms with Gasteiger partial charge in [-0.3, -0.25) is 9.69 Å². The number of carbonyl (C=O) groups is 1. The Bertz CT molecular complexity index is 446. The van der Waals surface area contributed by atoms with Crippen LogP contribution in [-0.4, -0.2) is 49.6 Å². The fourth-order valence-corrected chi connectivity index (χ4v) is 2.57. The van der Waals surface area contributed by atoms with E-state index in [9.17, 15) is 4.79 Å². The van der Waals surface area contributed by atoms with Crippen molar-refractivity contribution in [3.05, 3.63) is 29.8 Å². The molecule has 0 bridgehead atoms. The Labute approximate surface area is 119 Å². The zero-order valence-corrected chi connectivity index (χ0v) is 11.5. The zero-order chi connectivity index (χ0) is 12.4. The number of benzene rings is 1. The molecule has 4 nitrogen and oxygen atoms in total. The standard InChI is InChI=1S/C14H17NO3.ClH/c16-13-9-11(15-5-7-17-8-6-15)10-18-14-4-2-1-3-12(13)14;/h1-4,11H,5-10H2;1H. The lowest BCUT2D eigenvalue weighted by atomic mass is 10.0. The predicted octanol–water partition coefficient (Wildman–Crippen LogP) is 1.77. The molecule has 0 saturated carbocycles. The topological polar surface area (TPSA) is 38.8 Å². The molecule has 0 aromatic heterocycles. The van der Waals surface area contributed by atoms with E-state index in [-0.39, 0.29) is 24.2 Å². The maximum atomic E-state index is 12.2. The zero-order valence-electron chi connectivity index (χ0n) is 10.7. The molecule has 1 unspecified atom stereocenters. The minimum absolute atomic E-state index is 0. The van der Waals surface area contributed by atoms with Gasteiger partial charge < -0.3 is 9.47 Å². The summed E-state index contributed by atoms with van der Waals surface area (Å²) in [4.78, 5) is 14.5. The smallest absolute Gasteiger partial charge is 0.168 e. The van der Waals surface area contributed by atoms with Crippen LogP contribution in [0.1, 0.15) is 16.8 Å². The van der Waals surface area contributed by atoms with E-state index in [1.54, 1.807) is 0 Å². The maximum absolute atomic E-state index is 12.2. The first-order valence-corrected chi connectivity index (χ1v) is 6.41. The van der Waals surface area contributed by atoms with Crippen LogP contribution in [0.15, 0.2) is 24.3 Å². The molecule has 1 aromatic rings. The van der Waals surface area contributed by atoms with Crippen molar-refractivity contribution in [1.82, 2.24) is 4.90 Å². The number of morpholine rings is 1. The van der Waals surface area contributed by atoms with Crippen LogP contribution in [0.25, 0.3) is 0 Å². The summed E-state index contributed by atoms with van der Waals surface area (Å²) in [6, 6.07) is 7.68. The Balaban J connectivity index is 0.00000133. The minimum atomic E-state index is 0. The van der Waals surface area contributed by atoms with Crippen molar-refractivity contribution < 1.29 is 14.3 Å². The number of ketones is 1. The van der Waals surface area contributed by atoms with Gasteiger partial charge in [-0.1, -0.05) is 12.1 Å². The van der Waals surface area contributed by atoms with Crippen molar-refractivity contribution in [3.8, 4) is 5.75 Å². The molecular formula is C14H18ClNO3. The fraction of sp³-hybridized carbons (Fsp3) is 0.500. The number of halogens is 1. The van der Waals surface area contributed by atoms with Gasteiger partial charge in [0, 0.05) is 19.5 Å². The Kier molecular flexibility index (Phi) is 4.80. The first-order chi connectivity index (χ1) is 8.84. The summed E-state index contributed by atoms with van der Waals surface area (Å²) in [5, 5.41) is 0. The number of para-hydroxylation sites is 1. The summed E-state index contributed by atoms with van der Waals surface area (Å²) in [6.45, 7) is 3.85. The first kappa shape index (κ1) is 14.3. The number of ether oxygens (including phenoxy) is 2. The van der Waals surface area contributed by atoms with Crippen molar-refractivity contribution in [2.75, 3.05) is 32.9 Å². The Morgan fingerprint density at radius 2 is 1.89 bits per heavy atom. The van der Waals surface area contributed by atoms with E-state index < -0.39 is 0 Å². The van der Waals surface area contributed by atoms with Crippen LogP contribution in [0, 0.1) is 0 Å². The number of carbonyl (C=O) groups excluding carboxylic acids is 1. The number of hydrogen-bond donors (Lipinski definition) is 0. The van der Waals surface area contributed by atoms with Crippen molar-refractivity contribution >= 4 is 18.2 Å². The SMILES string of the molecule is Cl.O=C1CC(N2CCOCC2)COc2ccccc21. The minimum Gasteiger partial charge on any atom is -0.491 e. The third-order valence-corrected chi connectivity index (χ3v) is 3.60. The summed E-state index contributed by atoms with van der Waals surface area (Å²) < 4.78 is 11.1. The quantitative estimate of drug-likeness (QED) is 0.787. The third-order valence-electron chi connectivity index (χ3n) is 3.60. The van der Waals surface area contributed by atoms with Crippen molar-refractivity contribution in [2.45, 2.75) is 12.5 Å². The van der Waals surface area contributed by atoms with Gasteiger partial charge in [0.15, 0.2) is 5.78 Å². The van der Waals surface area contributed by atoms with Gasteiger partial charge in [-0.05, 0) is 12.1 Å². The lowest BCUT2D eigenvalue weighted by Gasteiger charge is -2.32.